The Kier molecular flexibility index (Phi) is 9.93. The van der Waals surface area contributed by atoms with Crippen molar-refractivity contribution in [3.63, 3.8) is 0 Å². The molecule has 3 N–H and O–H groups in total. The van der Waals surface area contributed by atoms with Gasteiger partial charge in [0.05, 0.1) is 12.0 Å². The third-order valence-electron chi connectivity index (χ3n) is 7.91. The summed E-state index contributed by atoms with van der Waals surface area (Å²) >= 11 is 0. The molecule has 0 heterocycles. The second-order valence-electron chi connectivity index (χ2n) is 11.0. The first-order valence-electron chi connectivity index (χ1n) is 14.8. The zero-order valence-corrected chi connectivity index (χ0v) is 25.6. The second kappa shape index (κ2) is 14.3. The molecule has 0 saturated heterocycles. The molecule has 0 atom stereocenters. The minimum Gasteiger partial charge on any atom is -0.480 e. The van der Waals surface area contributed by atoms with Gasteiger partial charge in [-0.2, -0.15) is 13.2 Å². The Morgan fingerprint density at radius 1 is 0.633 bits per heavy atom. The number of carboxylic acid groups (broad SMARTS) is 2. The number of carboxylic acids is 2. The summed E-state index contributed by atoms with van der Waals surface area (Å²) in [5.41, 5.74) is -0.322. The summed E-state index contributed by atoms with van der Waals surface area (Å²) in [7, 11) is 0. The third-order valence-corrected chi connectivity index (χ3v) is 7.91. The first-order valence-corrected chi connectivity index (χ1v) is 14.8. The highest BCUT2D eigenvalue weighted by molar-refractivity contribution is 6.10. The molecule has 0 spiro atoms. The number of rotatable bonds is 11. The molecule has 0 unspecified atom stereocenters. The molecule has 0 aromatic heterocycles. The Bertz CT molecular complexity index is 1980. The molecule has 0 aliphatic heterocycles. The van der Waals surface area contributed by atoms with Crippen LogP contribution in [0.4, 0.5) is 18.9 Å². The standard InChI is InChI=1S/C38H28F3NO7/c39-38(40,41)28-18-16-26(17-19-28)29-13-7-8-14-30(29)34(44)42-32-20-15-24(21-31(32)25-9-3-1-4-10-25)22-33(43)49-23-37(35(45)46,36(47)48)27-11-5-2-6-12-27/h1-21H,22-23H2,(H,42,44)(H,45,46)(H,47,48). The number of aliphatic carboxylic acids is 2. The molecule has 5 aromatic carbocycles. The SMILES string of the molecule is O=C(Cc1ccc(NC(=O)c2ccccc2-c2ccc(C(F)(F)F)cc2)c(-c2ccccc2)c1)OCC(C(=O)O)(C(=O)O)c1ccccc1. The van der Waals surface area contributed by atoms with E-state index in [1.165, 1.54) is 36.4 Å². The Morgan fingerprint density at radius 2 is 1.20 bits per heavy atom. The number of hydrogen-bond acceptors (Lipinski definition) is 5. The van der Waals surface area contributed by atoms with Crippen LogP contribution >= 0.6 is 0 Å². The van der Waals surface area contributed by atoms with Crippen molar-refractivity contribution in [1.29, 1.82) is 0 Å². The van der Waals surface area contributed by atoms with Gasteiger partial charge in [-0.3, -0.25) is 19.2 Å². The van der Waals surface area contributed by atoms with Gasteiger partial charge in [0.15, 0.2) is 0 Å². The van der Waals surface area contributed by atoms with E-state index in [-0.39, 0.29) is 17.5 Å². The summed E-state index contributed by atoms with van der Waals surface area (Å²) in [4.78, 5) is 50.9. The van der Waals surface area contributed by atoms with Crippen LogP contribution in [0.2, 0.25) is 0 Å². The fraction of sp³-hybridized carbons (Fsp3) is 0.105. The minimum absolute atomic E-state index is 0.0610. The van der Waals surface area contributed by atoms with Crippen LogP contribution in [0, 0.1) is 0 Å². The molecule has 0 bridgehead atoms. The normalized spacial score (nSPS) is 11.4. The van der Waals surface area contributed by atoms with Gasteiger partial charge >= 0.3 is 24.1 Å². The van der Waals surface area contributed by atoms with Crippen molar-refractivity contribution in [1.82, 2.24) is 0 Å². The van der Waals surface area contributed by atoms with Crippen LogP contribution < -0.4 is 5.32 Å². The van der Waals surface area contributed by atoms with Crippen LogP contribution in [0.15, 0.2) is 127 Å². The van der Waals surface area contributed by atoms with Crippen molar-refractivity contribution < 1.29 is 47.3 Å². The maximum Gasteiger partial charge on any atom is 0.416 e. The quantitative estimate of drug-likeness (QED) is 0.0984. The van der Waals surface area contributed by atoms with Crippen LogP contribution in [-0.2, 0) is 37.1 Å². The Morgan fingerprint density at radius 3 is 1.82 bits per heavy atom. The van der Waals surface area contributed by atoms with E-state index in [4.69, 9.17) is 4.74 Å². The summed E-state index contributed by atoms with van der Waals surface area (Å²) in [5.74, 6) is -4.78. The maximum absolute atomic E-state index is 13.6. The van der Waals surface area contributed by atoms with E-state index in [0.29, 0.717) is 33.5 Å². The van der Waals surface area contributed by atoms with Crippen molar-refractivity contribution >= 4 is 29.5 Å². The highest BCUT2D eigenvalue weighted by atomic mass is 19.4. The molecule has 0 saturated carbocycles. The smallest absolute Gasteiger partial charge is 0.416 e. The Balaban J connectivity index is 1.39. The van der Waals surface area contributed by atoms with Crippen LogP contribution in [-0.4, -0.2) is 40.6 Å². The molecular formula is C38H28F3NO7. The van der Waals surface area contributed by atoms with Gasteiger partial charge in [-0.05, 0) is 58.1 Å². The first-order chi connectivity index (χ1) is 23.4. The highest BCUT2D eigenvalue weighted by Crippen LogP contribution is 2.34. The average Bonchev–Trinajstić information content (AvgIpc) is 3.09. The number of ether oxygens (including phenoxy) is 1. The van der Waals surface area contributed by atoms with Crippen molar-refractivity contribution in [2.24, 2.45) is 0 Å². The number of benzene rings is 5. The summed E-state index contributed by atoms with van der Waals surface area (Å²) < 4.78 is 44.6. The van der Waals surface area contributed by atoms with Gasteiger partial charge in [-0.25, -0.2) is 0 Å². The number of alkyl halides is 3. The fourth-order valence-corrected chi connectivity index (χ4v) is 5.30. The fourth-order valence-electron chi connectivity index (χ4n) is 5.30. The summed E-state index contributed by atoms with van der Waals surface area (Å²) in [6, 6.07) is 31.9. The minimum atomic E-state index is -4.50. The van der Waals surface area contributed by atoms with Gasteiger partial charge < -0.3 is 20.3 Å². The molecule has 5 rings (SSSR count). The summed E-state index contributed by atoms with van der Waals surface area (Å²) in [6.07, 6.45) is -4.84. The number of esters is 1. The molecule has 11 heteroatoms. The molecule has 0 aliphatic rings. The molecular weight excluding hydrogens is 639 g/mol. The van der Waals surface area contributed by atoms with Crippen LogP contribution in [0.3, 0.4) is 0 Å². The summed E-state index contributed by atoms with van der Waals surface area (Å²) in [5, 5.41) is 22.6. The second-order valence-corrected chi connectivity index (χ2v) is 11.0. The molecule has 5 aromatic rings. The number of amides is 1. The van der Waals surface area contributed by atoms with Crippen LogP contribution in [0.1, 0.15) is 27.0 Å². The highest BCUT2D eigenvalue weighted by Gasteiger charge is 2.50. The van der Waals surface area contributed by atoms with E-state index in [1.807, 2.05) is 0 Å². The summed E-state index contributed by atoms with van der Waals surface area (Å²) in [6.45, 7) is -0.946. The molecule has 49 heavy (non-hydrogen) atoms. The largest absolute Gasteiger partial charge is 0.480 e. The van der Waals surface area contributed by atoms with Gasteiger partial charge in [0.1, 0.15) is 6.61 Å². The zero-order chi connectivity index (χ0) is 35.2. The van der Waals surface area contributed by atoms with E-state index < -0.39 is 47.6 Å². The number of carbonyl (C=O) groups excluding carboxylic acids is 2. The van der Waals surface area contributed by atoms with Crippen molar-refractivity contribution in [2.75, 3.05) is 11.9 Å². The lowest BCUT2D eigenvalue weighted by atomic mass is 9.81. The number of anilines is 1. The van der Waals surface area contributed by atoms with Crippen molar-refractivity contribution in [3.05, 3.63) is 150 Å². The van der Waals surface area contributed by atoms with Crippen LogP contribution in [0.5, 0.6) is 0 Å². The topological polar surface area (TPSA) is 130 Å². The van der Waals surface area contributed by atoms with E-state index in [9.17, 15) is 42.6 Å². The van der Waals surface area contributed by atoms with Gasteiger partial charge in [-0.1, -0.05) is 97.1 Å². The number of carbonyl (C=O) groups is 4. The van der Waals surface area contributed by atoms with E-state index in [1.54, 1.807) is 78.9 Å². The molecule has 8 nitrogen and oxygen atoms in total. The molecule has 248 valence electrons. The lowest BCUT2D eigenvalue weighted by Crippen LogP contribution is -2.48. The number of hydrogen-bond donors (Lipinski definition) is 3. The van der Waals surface area contributed by atoms with Gasteiger partial charge in [-0.15, -0.1) is 0 Å². The number of halogens is 3. The first kappa shape index (κ1) is 34.1. The monoisotopic (exact) mass is 667 g/mol. The molecule has 1 amide bonds. The maximum atomic E-state index is 13.6. The lowest BCUT2D eigenvalue weighted by Gasteiger charge is -2.25. The van der Waals surface area contributed by atoms with E-state index >= 15 is 0 Å². The van der Waals surface area contributed by atoms with Gasteiger partial charge in [0.2, 0.25) is 5.41 Å². The third kappa shape index (κ3) is 7.51. The molecule has 0 fully saturated rings. The molecule has 0 aliphatic carbocycles. The Hall–Kier alpha value is -6.23. The van der Waals surface area contributed by atoms with Crippen molar-refractivity contribution in [2.45, 2.75) is 18.0 Å². The van der Waals surface area contributed by atoms with Crippen LogP contribution in [0.25, 0.3) is 22.3 Å². The number of nitrogens with one attached hydrogen (secondary N) is 1. The van der Waals surface area contributed by atoms with Gasteiger partial charge in [0.25, 0.3) is 5.91 Å². The average molecular weight is 668 g/mol. The Labute approximate surface area is 278 Å². The van der Waals surface area contributed by atoms with Gasteiger partial charge in [0, 0.05) is 16.8 Å². The predicted molar refractivity (Wildman–Crippen MR) is 175 cm³/mol. The lowest BCUT2D eigenvalue weighted by molar-refractivity contribution is -0.164. The van der Waals surface area contributed by atoms with E-state index in [2.05, 4.69) is 5.32 Å². The predicted octanol–water partition coefficient (Wildman–Crippen LogP) is 7.48. The molecule has 0 radical (unpaired) electrons. The van der Waals surface area contributed by atoms with Crippen molar-refractivity contribution in [3.8, 4) is 22.3 Å². The van der Waals surface area contributed by atoms with E-state index in [0.717, 1.165) is 12.1 Å². The zero-order valence-electron chi connectivity index (χ0n) is 25.6.